The molecule has 5 heteroatoms. The third-order valence-electron chi connectivity index (χ3n) is 3.63. The van der Waals surface area contributed by atoms with E-state index in [1.807, 2.05) is 6.08 Å². The molecule has 1 heterocycles. The molecule has 1 unspecified atom stereocenters. The lowest BCUT2D eigenvalue weighted by atomic mass is 10.0. The van der Waals surface area contributed by atoms with Crippen molar-refractivity contribution in [2.24, 2.45) is 0 Å². The van der Waals surface area contributed by atoms with Crippen molar-refractivity contribution in [3.05, 3.63) is 11.6 Å². The first kappa shape index (κ1) is 13.7. The molecule has 2 rings (SSSR count). The van der Waals surface area contributed by atoms with Gasteiger partial charge in [-0.3, -0.25) is 4.79 Å². The molecule has 102 valence electrons. The van der Waals surface area contributed by atoms with Gasteiger partial charge < -0.3 is 5.32 Å². The van der Waals surface area contributed by atoms with Gasteiger partial charge in [0.1, 0.15) is 0 Å². The van der Waals surface area contributed by atoms with Gasteiger partial charge in [-0.05, 0) is 31.3 Å². The molecule has 2 aliphatic rings. The van der Waals surface area contributed by atoms with Crippen LogP contribution in [-0.2, 0) is 14.6 Å². The first-order valence-corrected chi connectivity index (χ1v) is 8.55. The number of hydrogen-bond donors (Lipinski definition) is 1. The Morgan fingerprint density at radius 1 is 1.33 bits per heavy atom. The van der Waals surface area contributed by atoms with Crippen molar-refractivity contribution in [2.45, 2.75) is 44.6 Å². The monoisotopic (exact) mass is 271 g/mol. The first-order valence-electron chi connectivity index (χ1n) is 6.73. The summed E-state index contributed by atoms with van der Waals surface area (Å²) in [6.07, 6.45) is 7.64. The molecule has 0 aromatic carbocycles. The van der Waals surface area contributed by atoms with Crippen LogP contribution in [0.25, 0.3) is 0 Å². The van der Waals surface area contributed by atoms with Crippen LogP contribution in [0.3, 0.4) is 0 Å². The lowest BCUT2D eigenvalue weighted by molar-refractivity contribution is -0.116. The van der Waals surface area contributed by atoms with Crippen LogP contribution in [0.5, 0.6) is 0 Å². The molecule has 0 radical (unpaired) electrons. The molecule has 1 aliphatic heterocycles. The van der Waals surface area contributed by atoms with Crippen molar-refractivity contribution in [1.29, 1.82) is 0 Å². The van der Waals surface area contributed by atoms with Crippen LogP contribution in [0.4, 0.5) is 0 Å². The zero-order valence-electron chi connectivity index (χ0n) is 10.7. The molecule has 0 bridgehead atoms. The van der Waals surface area contributed by atoms with Crippen molar-refractivity contribution in [3.63, 3.8) is 0 Å². The van der Waals surface area contributed by atoms with Gasteiger partial charge in [0.05, 0.1) is 11.5 Å². The number of carbonyl (C=O) groups excluding carboxylic acids is 1. The summed E-state index contributed by atoms with van der Waals surface area (Å²) >= 11 is 0. The predicted molar refractivity (Wildman–Crippen MR) is 71.2 cm³/mol. The van der Waals surface area contributed by atoms with Crippen molar-refractivity contribution in [3.8, 4) is 0 Å². The third kappa shape index (κ3) is 3.92. The number of sulfone groups is 1. The van der Waals surface area contributed by atoms with Crippen LogP contribution in [0.1, 0.15) is 38.5 Å². The van der Waals surface area contributed by atoms with Crippen LogP contribution in [0.15, 0.2) is 11.6 Å². The Morgan fingerprint density at radius 3 is 2.94 bits per heavy atom. The smallest absolute Gasteiger partial charge is 0.160 e. The standard InChI is InChI=1S/C13H21NO3S/c15-13(11-5-3-1-2-4-6-11)9-12-10-18(16,17)8-7-14-12/h5,12,14H,1-4,6-10H2. The summed E-state index contributed by atoms with van der Waals surface area (Å²) in [7, 11) is -2.95. The summed E-state index contributed by atoms with van der Waals surface area (Å²) < 4.78 is 23.0. The Balaban J connectivity index is 1.92. The fraction of sp³-hybridized carbons (Fsp3) is 0.769. The predicted octanol–water partition coefficient (Wildman–Crippen LogP) is 1.22. The molecule has 1 atom stereocenters. The summed E-state index contributed by atoms with van der Waals surface area (Å²) in [6, 6.07) is -0.194. The summed E-state index contributed by atoms with van der Waals surface area (Å²) in [4.78, 5) is 12.1. The van der Waals surface area contributed by atoms with Gasteiger partial charge in [-0.25, -0.2) is 8.42 Å². The first-order chi connectivity index (χ1) is 8.57. The van der Waals surface area contributed by atoms with Crippen molar-refractivity contribution >= 4 is 15.6 Å². The molecule has 0 saturated carbocycles. The van der Waals surface area contributed by atoms with E-state index in [-0.39, 0.29) is 23.3 Å². The molecule has 1 aliphatic carbocycles. The van der Waals surface area contributed by atoms with E-state index in [2.05, 4.69) is 5.32 Å². The molecule has 18 heavy (non-hydrogen) atoms. The highest BCUT2D eigenvalue weighted by Crippen LogP contribution is 2.20. The highest BCUT2D eigenvalue weighted by atomic mass is 32.2. The quantitative estimate of drug-likeness (QED) is 0.838. The largest absolute Gasteiger partial charge is 0.312 e. The Hall–Kier alpha value is -0.680. The van der Waals surface area contributed by atoms with E-state index < -0.39 is 9.84 Å². The van der Waals surface area contributed by atoms with Crippen molar-refractivity contribution in [1.82, 2.24) is 5.32 Å². The maximum Gasteiger partial charge on any atom is 0.160 e. The second kappa shape index (κ2) is 5.97. The molecule has 0 aromatic rings. The van der Waals surface area contributed by atoms with Crippen LogP contribution in [0, 0.1) is 0 Å². The van der Waals surface area contributed by atoms with Crippen LogP contribution in [0.2, 0.25) is 0 Å². The van der Waals surface area contributed by atoms with Gasteiger partial charge in [0, 0.05) is 19.0 Å². The SMILES string of the molecule is O=C(CC1CS(=O)(=O)CCN1)C1=CCCCCC1. The molecule has 0 aromatic heterocycles. The van der Waals surface area contributed by atoms with E-state index in [0.717, 1.165) is 31.3 Å². The summed E-state index contributed by atoms with van der Waals surface area (Å²) in [6.45, 7) is 0.472. The van der Waals surface area contributed by atoms with E-state index in [1.54, 1.807) is 0 Å². The molecule has 1 fully saturated rings. The zero-order chi connectivity index (χ0) is 13.0. The Bertz CT molecular complexity index is 439. The maximum atomic E-state index is 12.1. The molecular formula is C13H21NO3S. The third-order valence-corrected chi connectivity index (χ3v) is 5.37. The summed E-state index contributed by atoms with van der Waals surface area (Å²) in [5.41, 5.74) is 0.914. The number of hydrogen-bond acceptors (Lipinski definition) is 4. The fourth-order valence-electron chi connectivity index (χ4n) is 2.62. The van der Waals surface area contributed by atoms with Crippen LogP contribution in [-0.4, -0.2) is 38.3 Å². The highest BCUT2D eigenvalue weighted by molar-refractivity contribution is 7.91. The van der Waals surface area contributed by atoms with E-state index in [1.165, 1.54) is 6.42 Å². The number of carbonyl (C=O) groups is 1. The second-order valence-electron chi connectivity index (χ2n) is 5.22. The normalized spacial score (nSPS) is 28.2. The highest BCUT2D eigenvalue weighted by Gasteiger charge is 2.26. The van der Waals surface area contributed by atoms with Gasteiger partial charge in [-0.2, -0.15) is 0 Å². The van der Waals surface area contributed by atoms with Gasteiger partial charge in [0.2, 0.25) is 0 Å². The molecule has 1 N–H and O–H groups in total. The maximum absolute atomic E-state index is 12.1. The van der Waals surface area contributed by atoms with Crippen molar-refractivity contribution < 1.29 is 13.2 Å². The van der Waals surface area contributed by atoms with E-state index in [0.29, 0.717) is 13.0 Å². The zero-order valence-corrected chi connectivity index (χ0v) is 11.5. The second-order valence-corrected chi connectivity index (χ2v) is 7.45. The Kier molecular flexibility index (Phi) is 4.56. The van der Waals surface area contributed by atoms with Gasteiger partial charge >= 0.3 is 0 Å². The van der Waals surface area contributed by atoms with Gasteiger partial charge in [0.15, 0.2) is 15.6 Å². The number of rotatable bonds is 3. The van der Waals surface area contributed by atoms with Gasteiger partial charge in [0.25, 0.3) is 0 Å². The minimum absolute atomic E-state index is 0.103. The minimum Gasteiger partial charge on any atom is -0.312 e. The number of nitrogens with one attached hydrogen (secondary N) is 1. The summed E-state index contributed by atoms with van der Waals surface area (Å²) in [5.74, 6) is 0.429. The van der Waals surface area contributed by atoms with Gasteiger partial charge in [-0.15, -0.1) is 0 Å². The number of allylic oxidation sites excluding steroid dienone is 2. The molecule has 4 nitrogen and oxygen atoms in total. The topological polar surface area (TPSA) is 63.2 Å². The Labute approximate surface area is 109 Å². The molecule has 0 amide bonds. The fourth-order valence-corrected chi connectivity index (χ4v) is 4.07. The number of Topliss-reactive ketones (excluding diaryl/α,β-unsaturated/α-hetero) is 1. The number of ketones is 1. The lowest BCUT2D eigenvalue weighted by Crippen LogP contribution is -2.46. The minimum atomic E-state index is -2.95. The molecular weight excluding hydrogens is 250 g/mol. The van der Waals surface area contributed by atoms with Crippen LogP contribution >= 0.6 is 0 Å². The summed E-state index contributed by atoms with van der Waals surface area (Å²) in [5, 5.41) is 3.13. The van der Waals surface area contributed by atoms with Crippen molar-refractivity contribution in [2.75, 3.05) is 18.1 Å². The van der Waals surface area contributed by atoms with E-state index in [9.17, 15) is 13.2 Å². The van der Waals surface area contributed by atoms with Crippen LogP contribution < -0.4 is 5.32 Å². The average Bonchev–Trinajstić information content (AvgIpc) is 2.55. The van der Waals surface area contributed by atoms with E-state index in [4.69, 9.17) is 0 Å². The molecule has 1 saturated heterocycles. The van der Waals surface area contributed by atoms with E-state index >= 15 is 0 Å². The van der Waals surface area contributed by atoms with Gasteiger partial charge in [-0.1, -0.05) is 12.5 Å². The Morgan fingerprint density at radius 2 is 2.17 bits per heavy atom. The molecule has 0 spiro atoms. The average molecular weight is 271 g/mol. The lowest BCUT2D eigenvalue weighted by Gasteiger charge is -2.23.